The van der Waals surface area contributed by atoms with Crippen molar-refractivity contribution in [2.75, 3.05) is 11.4 Å². The van der Waals surface area contributed by atoms with Gasteiger partial charge in [0.15, 0.2) is 0 Å². The Morgan fingerprint density at radius 3 is 2.29 bits per heavy atom. The fourth-order valence-corrected chi connectivity index (χ4v) is 4.31. The molecular weight excluding hydrogens is 386 g/mol. The van der Waals surface area contributed by atoms with Gasteiger partial charge in [0.25, 0.3) is 0 Å². The van der Waals surface area contributed by atoms with Crippen molar-refractivity contribution in [1.82, 2.24) is 9.47 Å². The van der Waals surface area contributed by atoms with E-state index in [9.17, 15) is 9.59 Å². The maximum Gasteiger partial charge on any atom is 0.247 e. The third kappa shape index (κ3) is 3.76. The number of amides is 2. The van der Waals surface area contributed by atoms with Crippen LogP contribution >= 0.6 is 0 Å². The number of anilines is 1. The van der Waals surface area contributed by atoms with Crippen molar-refractivity contribution in [1.29, 1.82) is 0 Å². The van der Waals surface area contributed by atoms with E-state index >= 15 is 0 Å². The van der Waals surface area contributed by atoms with Crippen LogP contribution in [0.3, 0.4) is 0 Å². The molecule has 2 amide bonds. The predicted molar refractivity (Wildman–Crippen MR) is 123 cm³/mol. The van der Waals surface area contributed by atoms with Crippen molar-refractivity contribution in [3.63, 3.8) is 0 Å². The minimum absolute atomic E-state index is 0.0103. The molecule has 0 radical (unpaired) electrons. The van der Waals surface area contributed by atoms with Gasteiger partial charge in [-0.3, -0.25) is 14.5 Å². The summed E-state index contributed by atoms with van der Waals surface area (Å²) < 4.78 is 2.15. The van der Waals surface area contributed by atoms with Crippen molar-refractivity contribution in [2.24, 2.45) is 0 Å². The summed E-state index contributed by atoms with van der Waals surface area (Å²) in [5, 5.41) is 0. The van der Waals surface area contributed by atoms with Crippen LogP contribution in [0.5, 0.6) is 0 Å². The van der Waals surface area contributed by atoms with Gasteiger partial charge in [-0.2, -0.15) is 0 Å². The van der Waals surface area contributed by atoms with Crippen molar-refractivity contribution in [2.45, 2.75) is 46.2 Å². The van der Waals surface area contributed by atoms with E-state index in [4.69, 9.17) is 0 Å². The van der Waals surface area contributed by atoms with E-state index in [1.54, 1.807) is 4.90 Å². The number of nitrogens with zero attached hydrogens (tertiary/aromatic N) is 3. The zero-order chi connectivity index (χ0) is 22.1. The molecule has 1 atom stereocenters. The Morgan fingerprint density at radius 2 is 1.65 bits per heavy atom. The molecule has 4 rings (SSSR count). The number of fused-ring (bicyclic) bond motifs is 3. The average molecular weight is 416 g/mol. The molecule has 160 valence electrons. The van der Waals surface area contributed by atoms with E-state index in [1.807, 2.05) is 62.2 Å². The lowest BCUT2D eigenvalue weighted by atomic mass is 9.97. The average Bonchev–Trinajstić information content (AvgIpc) is 3.26. The van der Waals surface area contributed by atoms with E-state index in [2.05, 4.69) is 41.8 Å². The number of aryl methyl sites for hydroxylation is 1. The largest absolute Gasteiger partial charge is 0.331 e. The van der Waals surface area contributed by atoms with Crippen molar-refractivity contribution in [3.05, 3.63) is 83.7 Å². The molecule has 3 aromatic rings. The molecule has 0 aliphatic carbocycles. The van der Waals surface area contributed by atoms with Crippen LogP contribution in [-0.2, 0) is 9.59 Å². The molecule has 2 aromatic carbocycles. The first-order valence-corrected chi connectivity index (χ1v) is 10.9. The first kappa shape index (κ1) is 20.9. The standard InChI is InChI=1S/C26H29N3O2/c1-5-24(30)28(18(2)3)17-25(31)29-22-10-7-6-9-21(22)27-16-8-11-23(27)26(29)20-14-12-19(4)13-15-20/h6-16,18,26H,5,17H2,1-4H3. The molecule has 0 fully saturated rings. The molecule has 1 aliphatic rings. The predicted octanol–water partition coefficient (Wildman–Crippen LogP) is 4.87. The summed E-state index contributed by atoms with van der Waals surface area (Å²) in [4.78, 5) is 29.9. The second-order valence-corrected chi connectivity index (χ2v) is 8.34. The van der Waals surface area contributed by atoms with Gasteiger partial charge >= 0.3 is 0 Å². The van der Waals surface area contributed by atoms with Gasteiger partial charge in [0.2, 0.25) is 11.8 Å². The molecule has 2 heterocycles. The Balaban J connectivity index is 1.83. The van der Waals surface area contributed by atoms with E-state index in [0.717, 1.165) is 22.6 Å². The first-order chi connectivity index (χ1) is 14.9. The fourth-order valence-electron chi connectivity index (χ4n) is 4.31. The number of carbonyl (C=O) groups excluding carboxylic acids is 2. The maximum absolute atomic E-state index is 13.8. The van der Waals surface area contributed by atoms with E-state index in [0.29, 0.717) is 6.42 Å². The molecular formula is C26H29N3O2. The Hall–Kier alpha value is -3.34. The Morgan fingerprint density at radius 1 is 0.968 bits per heavy atom. The highest BCUT2D eigenvalue weighted by Crippen LogP contribution is 2.42. The first-order valence-electron chi connectivity index (χ1n) is 10.9. The summed E-state index contributed by atoms with van der Waals surface area (Å²) in [6.07, 6.45) is 2.42. The van der Waals surface area contributed by atoms with Crippen LogP contribution in [0.25, 0.3) is 5.69 Å². The highest BCUT2D eigenvalue weighted by Gasteiger charge is 2.37. The quantitative estimate of drug-likeness (QED) is 0.597. The van der Waals surface area contributed by atoms with Crippen molar-refractivity contribution in [3.8, 4) is 5.69 Å². The van der Waals surface area contributed by atoms with Gasteiger partial charge in [0.05, 0.1) is 17.1 Å². The Bertz CT molecular complexity index is 1100. The summed E-state index contributed by atoms with van der Waals surface area (Å²) in [5.41, 5.74) is 5.08. The molecule has 1 aliphatic heterocycles. The number of hydrogen-bond acceptors (Lipinski definition) is 2. The molecule has 0 N–H and O–H groups in total. The van der Waals surface area contributed by atoms with Crippen LogP contribution < -0.4 is 4.90 Å². The summed E-state index contributed by atoms with van der Waals surface area (Å²) >= 11 is 0. The molecule has 5 nitrogen and oxygen atoms in total. The molecule has 0 saturated carbocycles. The Labute approximate surface area is 183 Å². The third-order valence-corrected chi connectivity index (χ3v) is 5.93. The lowest BCUT2D eigenvalue weighted by molar-refractivity contribution is -0.136. The third-order valence-electron chi connectivity index (χ3n) is 5.93. The zero-order valence-corrected chi connectivity index (χ0v) is 18.6. The highest BCUT2D eigenvalue weighted by molar-refractivity contribution is 6.00. The second-order valence-electron chi connectivity index (χ2n) is 8.34. The van der Waals surface area contributed by atoms with Gasteiger partial charge in [-0.05, 0) is 50.6 Å². The van der Waals surface area contributed by atoms with Crippen molar-refractivity contribution < 1.29 is 9.59 Å². The topological polar surface area (TPSA) is 45.6 Å². The van der Waals surface area contributed by atoms with Crippen molar-refractivity contribution >= 4 is 17.5 Å². The second kappa shape index (κ2) is 8.42. The summed E-state index contributed by atoms with van der Waals surface area (Å²) in [7, 11) is 0. The fraction of sp³-hybridized carbons (Fsp3) is 0.308. The Kier molecular flexibility index (Phi) is 5.68. The summed E-state index contributed by atoms with van der Waals surface area (Å²) in [6.45, 7) is 7.85. The van der Waals surface area contributed by atoms with Crippen LogP contribution in [-0.4, -0.2) is 33.9 Å². The number of carbonyl (C=O) groups is 2. The van der Waals surface area contributed by atoms with Crippen LogP contribution in [0, 0.1) is 6.92 Å². The SMILES string of the molecule is CCC(=O)N(CC(=O)N1c2ccccc2-n2cccc2C1c1ccc(C)cc1)C(C)C. The smallest absolute Gasteiger partial charge is 0.247 e. The van der Waals surface area contributed by atoms with Gasteiger partial charge < -0.3 is 9.47 Å². The normalized spacial score (nSPS) is 14.9. The van der Waals surface area contributed by atoms with Gasteiger partial charge in [-0.25, -0.2) is 0 Å². The lowest BCUT2D eigenvalue weighted by Gasteiger charge is -2.40. The van der Waals surface area contributed by atoms with Crippen LogP contribution in [0.4, 0.5) is 5.69 Å². The van der Waals surface area contributed by atoms with Crippen LogP contribution in [0.2, 0.25) is 0 Å². The van der Waals surface area contributed by atoms with E-state index in [1.165, 1.54) is 5.56 Å². The number of aromatic nitrogens is 1. The number of hydrogen-bond donors (Lipinski definition) is 0. The van der Waals surface area contributed by atoms with E-state index in [-0.39, 0.29) is 30.4 Å². The molecule has 0 saturated heterocycles. The molecule has 0 spiro atoms. The minimum Gasteiger partial charge on any atom is -0.331 e. The maximum atomic E-state index is 13.8. The number of benzene rings is 2. The minimum atomic E-state index is -0.260. The van der Waals surface area contributed by atoms with E-state index < -0.39 is 0 Å². The molecule has 1 unspecified atom stereocenters. The summed E-state index contributed by atoms with van der Waals surface area (Å²) in [6, 6.07) is 20.1. The van der Waals surface area contributed by atoms with Crippen LogP contribution in [0.15, 0.2) is 66.9 Å². The van der Waals surface area contributed by atoms with Gasteiger partial charge in [-0.15, -0.1) is 0 Å². The number of rotatable bonds is 5. The van der Waals surface area contributed by atoms with Gasteiger partial charge in [0, 0.05) is 18.7 Å². The van der Waals surface area contributed by atoms with Gasteiger partial charge in [0.1, 0.15) is 12.6 Å². The van der Waals surface area contributed by atoms with Gasteiger partial charge in [-0.1, -0.05) is 48.9 Å². The lowest BCUT2D eigenvalue weighted by Crippen LogP contribution is -2.48. The molecule has 31 heavy (non-hydrogen) atoms. The number of para-hydroxylation sites is 2. The monoisotopic (exact) mass is 415 g/mol. The zero-order valence-electron chi connectivity index (χ0n) is 18.6. The highest BCUT2D eigenvalue weighted by atomic mass is 16.2. The summed E-state index contributed by atoms with van der Waals surface area (Å²) in [5.74, 6) is -0.0927. The van der Waals surface area contributed by atoms with Crippen LogP contribution in [0.1, 0.15) is 50.1 Å². The molecule has 5 heteroatoms. The molecule has 0 bridgehead atoms. The molecule has 1 aromatic heterocycles.